The predicted octanol–water partition coefficient (Wildman–Crippen LogP) is 3.01. The number of nitrogens with zero attached hydrogens (tertiary/aromatic N) is 1. The number of hydrogen-bond acceptors (Lipinski definition) is 5. The molecule has 0 fully saturated rings. The molecule has 7 heteroatoms. The lowest BCUT2D eigenvalue weighted by molar-refractivity contribution is -0.137. The Kier molecular flexibility index (Phi) is 5.48. The zero-order chi connectivity index (χ0) is 15.9. The molecule has 0 spiro atoms. The van der Waals surface area contributed by atoms with E-state index in [1.807, 2.05) is 25.1 Å². The lowest BCUT2D eigenvalue weighted by atomic mass is 10.2. The maximum absolute atomic E-state index is 11.5. The van der Waals surface area contributed by atoms with Gasteiger partial charge in [0.05, 0.1) is 16.8 Å². The number of amides is 2. The molecule has 0 saturated carbocycles. The SMILES string of the molecule is CCNC(=O)Nc1nc2ccc(/C=C/C(=O)OCC)cc2s1. The number of nitrogens with one attached hydrogen (secondary N) is 2. The van der Waals surface area contributed by atoms with E-state index in [2.05, 4.69) is 15.6 Å². The van der Waals surface area contributed by atoms with Crippen LogP contribution in [0.5, 0.6) is 0 Å². The highest BCUT2D eigenvalue weighted by Crippen LogP contribution is 2.27. The minimum Gasteiger partial charge on any atom is -0.463 e. The molecule has 1 heterocycles. The summed E-state index contributed by atoms with van der Waals surface area (Å²) in [6.45, 7) is 4.52. The lowest BCUT2D eigenvalue weighted by Crippen LogP contribution is -2.28. The van der Waals surface area contributed by atoms with Gasteiger partial charge in [-0.15, -0.1) is 0 Å². The number of rotatable bonds is 5. The van der Waals surface area contributed by atoms with Crippen molar-refractivity contribution in [2.24, 2.45) is 0 Å². The van der Waals surface area contributed by atoms with Gasteiger partial charge in [0.25, 0.3) is 0 Å². The molecule has 1 aromatic carbocycles. The van der Waals surface area contributed by atoms with Gasteiger partial charge in [-0.1, -0.05) is 17.4 Å². The molecule has 2 N–H and O–H groups in total. The fourth-order valence-electron chi connectivity index (χ4n) is 1.75. The van der Waals surface area contributed by atoms with E-state index < -0.39 is 0 Å². The van der Waals surface area contributed by atoms with Crippen LogP contribution in [0.1, 0.15) is 19.4 Å². The lowest BCUT2D eigenvalue weighted by Gasteiger charge is -2.00. The summed E-state index contributed by atoms with van der Waals surface area (Å²) in [6, 6.07) is 5.34. The van der Waals surface area contributed by atoms with Crippen LogP contribution in [-0.4, -0.2) is 30.1 Å². The second-order valence-corrected chi connectivity index (χ2v) is 5.35. The summed E-state index contributed by atoms with van der Waals surface area (Å²) in [5.74, 6) is -0.370. The Morgan fingerprint density at radius 2 is 2.18 bits per heavy atom. The number of anilines is 1. The first kappa shape index (κ1) is 16.0. The average Bonchev–Trinajstić information content (AvgIpc) is 2.86. The Bertz CT molecular complexity index is 709. The standard InChI is InChI=1S/C15H17N3O3S/c1-3-16-14(20)18-15-17-11-7-5-10(9-12(11)22-15)6-8-13(19)21-4-2/h5-9H,3-4H2,1-2H3,(H2,16,17,18,20)/b8-6+. The number of benzene rings is 1. The zero-order valence-corrected chi connectivity index (χ0v) is 13.2. The Hall–Kier alpha value is -2.41. The molecule has 2 amide bonds. The number of hydrogen-bond donors (Lipinski definition) is 2. The Morgan fingerprint density at radius 3 is 2.91 bits per heavy atom. The van der Waals surface area contributed by atoms with Gasteiger partial charge in [-0.2, -0.15) is 0 Å². The summed E-state index contributed by atoms with van der Waals surface area (Å²) < 4.78 is 5.76. The first-order valence-corrected chi connectivity index (χ1v) is 7.74. The number of thiazole rings is 1. The molecule has 2 aromatic rings. The van der Waals surface area contributed by atoms with Crippen molar-refractivity contribution in [2.45, 2.75) is 13.8 Å². The van der Waals surface area contributed by atoms with E-state index in [9.17, 15) is 9.59 Å². The van der Waals surface area contributed by atoms with Crippen LogP contribution in [0.4, 0.5) is 9.93 Å². The van der Waals surface area contributed by atoms with Crippen LogP contribution in [-0.2, 0) is 9.53 Å². The quantitative estimate of drug-likeness (QED) is 0.656. The van der Waals surface area contributed by atoms with Crippen molar-refractivity contribution in [3.8, 4) is 0 Å². The number of carbonyl (C=O) groups is 2. The van der Waals surface area contributed by atoms with Crippen molar-refractivity contribution in [1.82, 2.24) is 10.3 Å². The largest absolute Gasteiger partial charge is 0.463 e. The van der Waals surface area contributed by atoms with Crippen molar-refractivity contribution < 1.29 is 14.3 Å². The van der Waals surface area contributed by atoms with Gasteiger partial charge in [0.1, 0.15) is 0 Å². The van der Waals surface area contributed by atoms with Gasteiger partial charge in [0.2, 0.25) is 0 Å². The minimum absolute atomic E-state index is 0.274. The Labute approximate surface area is 132 Å². The van der Waals surface area contributed by atoms with Crippen LogP contribution in [0.15, 0.2) is 24.3 Å². The van der Waals surface area contributed by atoms with Gasteiger partial charge >= 0.3 is 12.0 Å². The van der Waals surface area contributed by atoms with Crippen molar-refractivity contribution >= 4 is 44.8 Å². The summed E-state index contributed by atoms with van der Waals surface area (Å²) in [5, 5.41) is 5.87. The summed E-state index contributed by atoms with van der Waals surface area (Å²) in [4.78, 5) is 27.1. The molecule has 22 heavy (non-hydrogen) atoms. The predicted molar refractivity (Wildman–Crippen MR) is 88.0 cm³/mol. The zero-order valence-electron chi connectivity index (χ0n) is 12.4. The number of aromatic nitrogens is 1. The molecule has 0 aliphatic rings. The summed E-state index contributed by atoms with van der Waals surface area (Å²) in [7, 11) is 0. The molecule has 0 saturated heterocycles. The van der Waals surface area contributed by atoms with Gasteiger partial charge < -0.3 is 10.1 Å². The van der Waals surface area contributed by atoms with E-state index in [1.54, 1.807) is 13.0 Å². The van der Waals surface area contributed by atoms with E-state index in [0.29, 0.717) is 18.3 Å². The highest BCUT2D eigenvalue weighted by Gasteiger charge is 2.07. The molecule has 116 valence electrons. The monoisotopic (exact) mass is 319 g/mol. The number of esters is 1. The van der Waals surface area contributed by atoms with Gasteiger partial charge in [0, 0.05) is 12.6 Å². The summed E-state index contributed by atoms with van der Waals surface area (Å²) in [5.41, 5.74) is 1.67. The third kappa shape index (κ3) is 4.29. The molecule has 0 aliphatic heterocycles. The van der Waals surface area contributed by atoms with Gasteiger partial charge in [-0.05, 0) is 37.6 Å². The molecule has 6 nitrogen and oxygen atoms in total. The van der Waals surface area contributed by atoms with Gasteiger partial charge in [-0.25, -0.2) is 14.6 Å². The number of carbonyl (C=O) groups excluding carboxylic acids is 2. The third-order valence-electron chi connectivity index (χ3n) is 2.67. The highest BCUT2D eigenvalue weighted by atomic mass is 32.1. The molecule has 1 aromatic heterocycles. The van der Waals surface area contributed by atoms with E-state index >= 15 is 0 Å². The second-order valence-electron chi connectivity index (χ2n) is 4.32. The molecule has 0 aliphatic carbocycles. The highest BCUT2D eigenvalue weighted by molar-refractivity contribution is 7.22. The summed E-state index contributed by atoms with van der Waals surface area (Å²) in [6.07, 6.45) is 3.08. The van der Waals surface area contributed by atoms with Gasteiger partial charge in [-0.3, -0.25) is 5.32 Å². The molecule has 0 radical (unpaired) electrons. The third-order valence-corrected chi connectivity index (χ3v) is 3.60. The van der Waals surface area contributed by atoms with Crippen LogP contribution >= 0.6 is 11.3 Å². The van der Waals surface area contributed by atoms with Crippen LogP contribution in [0.2, 0.25) is 0 Å². The molecule has 0 atom stereocenters. The van der Waals surface area contributed by atoms with E-state index in [4.69, 9.17) is 4.74 Å². The summed E-state index contributed by atoms with van der Waals surface area (Å²) >= 11 is 1.38. The number of fused-ring (bicyclic) bond motifs is 1. The van der Waals surface area contributed by atoms with Crippen LogP contribution in [0.25, 0.3) is 16.3 Å². The molecule has 0 bridgehead atoms. The number of urea groups is 1. The van der Waals surface area contributed by atoms with Gasteiger partial charge in [0.15, 0.2) is 5.13 Å². The maximum atomic E-state index is 11.5. The topological polar surface area (TPSA) is 80.3 Å². The molecule has 2 rings (SSSR count). The van der Waals surface area contributed by atoms with Crippen LogP contribution < -0.4 is 10.6 Å². The van der Waals surface area contributed by atoms with Crippen LogP contribution in [0.3, 0.4) is 0 Å². The molecule has 0 unspecified atom stereocenters. The van der Waals surface area contributed by atoms with Crippen molar-refractivity contribution in [3.63, 3.8) is 0 Å². The van der Waals surface area contributed by atoms with E-state index in [-0.39, 0.29) is 12.0 Å². The van der Waals surface area contributed by atoms with Crippen LogP contribution in [0, 0.1) is 0 Å². The maximum Gasteiger partial charge on any atom is 0.330 e. The first-order valence-electron chi connectivity index (χ1n) is 6.92. The van der Waals surface area contributed by atoms with Crippen molar-refractivity contribution in [1.29, 1.82) is 0 Å². The minimum atomic E-state index is -0.370. The Balaban J connectivity index is 2.13. The second kappa shape index (κ2) is 7.56. The Morgan fingerprint density at radius 1 is 1.36 bits per heavy atom. The smallest absolute Gasteiger partial charge is 0.330 e. The van der Waals surface area contributed by atoms with Crippen molar-refractivity contribution in [2.75, 3.05) is 18.5 Å². The fraction of sp³-hybridized carbons (Fsp3) is 0.267. The normalized spacial score (nSPS) is 10.8. The molecular formula is C15H17N3O3S. The number of ether oxygens (including phenoxy) is 1. The van der Waals surface area contributed by atoms with E-state index in [0.717, 1.165) is 15.8 Å². The average molecular weight is 319 g/mol. The fourth-order valence-corrected chi connectivity index (χ4v) is 2.66. The van der Waals surface area contributed by atoms with E-state index in [1.165, 1.54) is 17.4 Å². The first-order chi connectivity index (χ1) is 10.6. The van der Waals surface area contributed by atoms with Crippen molar-refractivity contribution in [3.05, 3.63) is 29.8 Å². The molecular weight excluding hydrogens is 302 g/mol.